The fourth-order valence-electron chi connectivity index (χ4n) is 3.59. The van der Waals surface area contributed by atoms with E-state index in [4.69, 9.17) is 16.3 Å². The lowest BCUT2D eigenvalue weighted by Gasteiger charge is -2.33. The number of carbonyl (C=O) groups excluding carboxylic acids is 2. The molecule has 0 saturated heterocycles. The second kappa shape index (κ2) is 10.3. The van der Waals surface area contributed by atoms with Gasteiger partial charge < -0.3 is 10.1 Å². The molecule has 4 rings (SSSR count). The SMILES string of the molecule is CNC(=O)C1CN(C(=O)c2scc(CN(C)S(=O)(=O)c3ccc(Br)cc3)c2Cl)c2ccccc2O1. The fourth-order valence-corrected chi connectivity index (χ4v) is 6.29. The maximum absolute atomic E-state index is 13.5. The zero-order valence-corrected chi connectivity index (χ0v) is 22.7. The molecule has 1 aliphatic rings. The lowest BCUT2D eigenvalue weighted by atomic mass is 10.1. The van der Waals surface area contributed by atoms with E-state index in [2.05, 4.69) is 21.2 Å². The molecule has 2 amide bonds. The number of halogens is 2. The number of sulfonamides is 1. The van der Waals surface area contributed by atoms with E-state index in [1.165, 1.54) is 35.4 Å². The summed E-state index contributed by atoms with van der Waals surface area (Å²) < 4.78 is 33.6. The van der Waals surface area contributed by atoms with Crippen molar-refractivity contribution >= 4 is 66.4 Å². The van der Waals surface area contributed by atoms with Gasteiger partial charge in [0.1, 0.15) is 10.6 Å². The van der Waals surface area contributed by atoms with Crippen molar-refractivity contribution in [1.29, 1.82) is 0 Å². The van der Waals surface area contributed by atoms with E-state index in [0.29, 0.717) is 17.0 Å². The third kappa shape index (κ3) is 5.10. The number of likely N-dealkylation sites (N-methyl/N-ethyl adjacent to an activating group) is 1. The van der Waals surface area contributed by atoms with Crippen molar-refractivity contribution in [3.63, 3.8) is 0 Å². The predicted octanol–water partition coefficient (Wildman–Crippen LogP) is 4.14. The third-order valence-corrected chi connectivity index (χ3v) is 9.37. The first-order chi connectivity index (χ1) is 16.6. The van der Waals surface area contributed by atoms with Gasteiger partial charge in [-0.05, 0) is 47.3 Å². The van der Waals surface area contributed by atoms with Crippen molar-refractivity contribution in [2.24, 2.45) is 0 Å². The molecule has 0 spiro atoms. The van der Waals surface area contributed by atoms with Gasteiger partial charge in [-0.25, -0.2) is 8.42 Å². The van der Waals surface area contributed by atoms with E-state index in [1.54, 1.807) is 41.8 Å². The van der Waals surface area contributed by atoms with Crippen molar-refractivity contribution in [3.8, 4) is 5.75 Å². The van der Waals surface area contributed by atoms with E-state index in [1.807, 2.05) is 0 Å². The number of ether oxygens (including phenoxy) is 1. The quantitative estimate of drug-likeness (QED) is 0.460. The molecule has 0 saturated carbocycles. The summed E-state index contributed by atoms with van der Waals surface area (Å²) >= 11 is 11.0. The van der Waals surface area contributed by atoms with Crippen molar-refractivity contribution < 1.29 is 22.7 Å². The molecule has 3 aromatic rings. The number of hydrogen-bond donors (Lipinski definition) is 1. The minimum atomic E-state index is -3.76. The van der Waals surface area contributed by atoms with Crippen LogP contribution < -0.4 is 15.0 Å². The second-order valence-electron chi connectivity index (χ2n) is 7.72. The predicted molar refractivity (Wildman–Crippen MR) is 139 cm³/mol. The highest BCUT2D eigenvalue weighted by Crippen LogP contribution is 2.37. The Bertz CT molecular complexity index is 1380. The maximum Gasteiger partial charge on any atom is 0.270 e. The highest BCUT2D eigenvalue weighted by atomic mass is 79.9. The number of benzene rings is 2. The summed E-state index contributed by atoms with van der Waals surface area (Å²) in [5, 5.41) is 4.39. The lowest BCUT2D eigenvalue weighted by Crippen LogP contribution is -2.50. The molecule has 2 aromatic carbocycles. The van der Waals surface area contributed by atoms with Gasteiger partial charge in [-0.3, -0.25) is 14.5 Å². The van der Waals surface area contributed by atoms with Crippen LogP contribution in [0.1, 0.15) is 15.2 Å². The van der Waals surface area contributed by atoms with Gasteiger partial charge in [0.2, 0.25) is 10.0 Å². The average molecular weight is 599 g/mol. The Morgan fingerprint density at radius 3 is 2.60 bits per heavy atom. The van der Waals surface area contributed by atoms with Crippen molar-refractivity contribution in [3.05, 3.63) is 73.8 Å². The van der Waals surface area contributed by atoms with Gasteiger partial charge in [0, 0.05) is 25.1 Å². The van der Waals surface area contributed by atoms with Gasteiger partial charge >= 0.3 is 0 Å². The summed E-state index contributed by atoms with van der Waals surface area (Å²) in [6, 6.07) is 13.3. The molecule has 0 bridgehead atoms. The molecule has 1 aliphatic heterocycles. The molecule has 35 heavy (non-hydrogen) atoms. The normalized spacial score (nSPS) is 15.5. The van der Waals surface area contributed by atoms with Crippen LogP contribution in [0.2, 0.25) is 5.02 Å². The number of thiophene rings is 1. The Hall–Kier alpha value is -2.44. The van der Waals surface area contributed by atoms with E-state index < -0.39 is 22.0 Å². The summed E-state index contributed by atoms with van der Waals surface area (Å²) in [6.07, 6.45) is -0.876. The van der Waals surface area contributed by atoms with Crippen LogP contribution in [0.25, 0.3) is 0 Å². The van der Waals surface area contributed by atoms with Crippen LogP contribution in [-0.4, -0.2) is 51.3 Å². The number of fused-ring (bicyclic) bond motifs is 1. The Morgan fingerprint density at radius 1 is 1.23 bits per heavy atom. The van der Waals surface area contributed by atoms with Gasteiger partial charge in [0.15, 0.2) is 6.10 Å². The van der Waals surface area contributed by atoms with Gasteiger partial charge in [0.25, 0.3) is 11.8 Å². The van der Waals surface area contributed by atoms with Gasteiger partial charge in [-0.2, -0.15) is 4.31 Å². The van der Waals surface area contributed by atoms with E-state index in [9.17, 15) is 18.0 Å². The van der Waals surface area contributed by atoms with Gasteiger partial charge in [-0.15, -0.1) is 11.3 Å². The van der Waals surface area contributed by atoms with Crippen LogP contribution in [-0.2, 0) is 21.4 Å². The van der Waals surface area contributed by atoms with Crippen LogP contribution in [0.4, 0.5) is 5.69 Å². The summed E-state index contributed by atoms with van der Waals surface area (Å²) in [4.78, 5) is 27.6. The third-order valence-electron chi connectivity index (χ3n) is 5.47. The van der Waals surface area contributed by atoms with Crippen molar-refractivity contribution in [2.75, 3.05) is 25.5 Å². The minimum Gasteiger partial charge on any atom is -0.477 e. The lowest BCUT2D eigenvalue weighted by molar-refractivity contribution is -0.127. The average Bonchev–Trinajstić information content (AvgIpc) is 3.22. The highest BCUT2D eigenvalue weighted by Gasteiger charge is 2.35. The first-order valence-corrected chi connectivity index (χ1v) is 13.9. The van der Waals surface area contributed by atoms with E-state index in [0.717, 1.165) is 15.8 Å². The topological polar surface area (TPSA) is 96.0 Å². The largest absolute Gasteiger partial charge is 0.477 e. The fraction of sp³-hybridized carbons (Fsp3) is 0.217. The molecule has 8 nitrogen and oxygen atoms in total. The first-order valence-electron chi connectivity index (χ1n) is 10.4. The molecule has 2 heterocycles. The van der Waals surface area contributed by atoms with E-state index >= 15 is 0 Å². The molecule has 1 atom stereocenters. The number of amides is 2. The van der Waals surface area contributed by atoms with Gasteiger partial charge in [-0.1, -0.05) is 39.7 Å². The molecule has 184 valence electrons. The number of para-hydroxylation sites is 2. The standard InChI is InChI=1S/C23H21BrClN3O5S2/c1-26-22(29)19-12-28(17-5-3-4-6-18(17)33-19)23(30)21-20(25)14(13-34-21)11-27(2)35(31,32)16-9-7-15(24)8-10-16/h3-10,13,19H,11-12H2,1-2H3,(H,26,29). The number of anilines is 1. The Balaban J connectivity index is 1.59. The van der Waals surface area contributed by atoms with Crippen LogP contribution in [0.15, 0.2) is 63.3 Å². The zero-order chi connectivity index (χ0) is 25.3. The number of nitrogens with zero attached hydrogens (tertiary/aromatic N) is 2. The molecule has 1 unspecified atom stereocenters. The Labute approximate surface area is 220 Å². The minimum absolute atomic E-state index is 0.0108. The Morgan fingerprint density at radius 2 is 1.91 bits per heavy atom. The number of rotatable bonds is 6. The molecule has 0 fully saturated rings. The molecular weight excluding hydrogens is 578 g/mol. The highest BCUT2D eigenvalue weighted by molar-refractivity contribution is 9.10. The number of nitrogens with one attached hydrogen (secondary N) is 1. The summed E-state index contributed by atoms with van der Waals surface area (Å²) in [6.45, 7) is -0.00148. The first kappa shape index (κ1) is 25.6. The monoisotopic (exact) mass is 597 g/mol. The number of carbonyl (C=O) groups is 2. The molecular formula is C23H21BrClN3O5S2. The molecule has 1 aromatic heterocycles. The summed E-state index contributed by atoms with van der Waals surface area (Å²) in [7, 11) is -0.803. The summed E-state index contributed by atoms with van der Waals surface area (Å²) in [5.41, 5.74) is 1.03. The zero-order valence-electron chi connectivity index (χ0n) is 18.7. The smallest absolute Gasteiger partial charge is 0.270 e. The van der Waals surface area contributed by atoms with Gasteiger partial charge in [0.05, 0.1) is 22.2 Å². The van der Waals surface area contributed by atoms with Crippen LogP contribution >= 0.6 is 38.9 Å². The molecule has 12 heteroatoms. The number of hydrogen-bond acceptors (Lipinski definition) is 6. The van der Waals surface area contributed by atoms with Crippen LogP contribution in [0.5, 0.6) is 5.75 Å². The van der Waals surface area contributed by atoms with Crippen LogP contribution in [0, 0.1) is 0 Å². The van der Waals surface area contributed by atoms with Crippen molar-refractivity contribution in [1.82, 2.24) is 9.62 Å². The maximum atomic E-state index is 13.5. The van der Waals surface area contributed by atoms with E-state index in [-0.39, 0.29) is 33.8 Å². The molecule has 0 radical (unpaired) electrons. The van der Waals surface area contributed by atoms with Crippen LogP contribution in [0.3, 0.4) is 0 Å². The second-order valence-corrected chi connectivity index (χ2v) is 11.9. The molecule has 0 aliphatic carbocycles. The molecule has 1 N–H and O–H groups in total. The summed E-state index contributed by atoms with van der Waals surface area (Å²) in [5.74, 6) is -0.335. The Kier molecular flexibility index (Phi) is 7.53. The van der Waals surface area contributed by atoms with Crippen molar-refractivity contribution in [2.45, 2.75) is 17.5 Å².